The summed E-state index contributed by atoms with van der Waals surface area (Å²) in [5.74, 6) is 0.138. The van der Waals surface area contributed by atoms with Crippen molar-refractivity contribution in [3.63, 3.8) is 0 Å². The van der Waals surface area contributed by atoms with Crippen LogP contribution in [-0.4, -0.2) is 28.5 Å². The van der Waals surface area contributed by atoms with Gasteiger partial charge >= 0.3 is 0 Å². The number of aliphatic hydroxyl groups excluding tert-OH is 2. The summed E-state index contributed by atoms with van der Waals surface area (Å²) in [6.45, 7) is 1.84. The van der Waals surface area contributed by atoms with Crippen LogP contribution in [0.15, 0.2) is 18.2 Å². The number of rotatable bonds is 2. The molecule has 0 spiro atoms. The Kier molecular flexibility index (Phi) is 3.64. The highest BCUT2D eigenvalue weighted by Crippen LogP contribution is 2.26. The van der Waals surface area contributed by atoms with Gasteiger partial charge in [0.05, 0.1) is 12.2 Å². The number of hydrogen-bond donors (Lipinski definition) is 2. The number of aryl methyl sites for hydroxylation is 1. The summed E-state index contributed by atoms with van der Waals surface area (Å²) < 4.78 is 18.7. The van der Waals surface area contributed by atoms with E-state index in [2.05, 4.69) is 0 Å². The number of benzene rings is 1. The van der Waals surface area contributed by atoms with Gasteiger partial charge in [-0.25, -0.2) is 4.39 Å². The molecule has 0 amide bonds. The van der Waals surface area contributed by atoms with E-state index < -0.39 is 12.2 Å². The Balaban J connectivity index is 2.07. The normalized spacial score (nSPS) is 29.1. The van der Waals surface area contributed by atoms with Crippen molar-refractivity contribution in [2.24, 2.45) is 0 Å². The quantitative estimate of drug-likeness (QED) is 0.828. The molecule has 0 aliphatic heterocycles. The van der Waals surface area contributed by atoms with E-state index in [1.807, 2.05) is 6.92 Å². The lowest BCUT2D eigenvalue weighted by Crippen LogP contribution is -2.36. The van der Waals surface area contributed by atoms with Gasteiger partial charge in [0.2, 0.25) is 0 Å². The maximum Gasteiger partial charge on any atom is 0.126 e. The van der Waals surface area contributed by atoms with Crippen LogP contribution in [0.5, 0.6) is 5.75 Å². The fourth-order valence-electron chi connectivity index (χ4n) is 2.19. The number of halogens is 1. The average molecular weight is 240 g/mol. The molecular weight excluding hydrogens is 223 g/mol. The molecule has 2 rings (SSSR count). The minimum atomic E-state index is -0.544. The average Bonchev–Trinajstić information content (AvgIpc) is 2.22. The van der Waals surface area contributed by atoms with Crippen LogP contribution in [0.2, 0.25) is 0 Å². The van der Waals surface area contributed by atoms with Crippen LogP contribution in [0.4, 0.5) is 4.39 Å². The topological polar surface area (TPSA) is 49.7 Å². The standard InChI is InChI=1S/C13H17FO3/c1-8-2-3-9(14)4-13(8)17-12-6-10(15)5-11(16)7-12/h2-4,10-12,15-16H,5-7H2,1H3/t10-,11+,12-. The molecule has 1 aromatic rings. The van der Waals surface area contributed by atoms with Gasteiger partial charge in [-0.3, -0.25) is 0 Å². The second kappa shape index (κ2) is 5.02. The summed E-state index contributed by atoms with van der Waals surface area (Å²) in [6.07, 6.45) is 0.00615. The van der Waals surface area contributed by atoms with E-state index in [1.165, 1.54) is 12.1 Å². The van der Waals surface area contributed by atoms with Crippen molar-refractivity contribution in [2.75, 3.05) is 0 Å². The lowest BCUT2D eigenvalue weighted by molar-refractivity contribution is -0.0157. The van der Waals surface area contributed by atoms with Gasteiger partial charge in [-0.2, -0.15) is 0 Å². The zero-order chi connectivity index (χ0) is 12.4. The fraction of sp³-hybridized carbons (Fsp3) is 0.538. The van der Waals surface area contributed by atoms with Gasteiger partial charge < -0.3 is 14.9 Å². The first-order chi connectivity index (χ1) is 8.04. The zero-order valence-electron chi connectivity index (χ0n) is 9.77. The maximum atomic E-state index is 13.1. The molecule has 1 fully saturated rings. The van der Waals surface area contributed by atoms with E-state index in [9.17, 15) is 14.6 Å². The fourth-order valence-corrected chi connectivity index (χ4v) is 2.19. The Hall–Kier alpha value is -1.13. The van der Waals surface area contributed by atoms with Crippen molar-refractivity contribution in [3.8, 4) is 5.75 Å². The monoisotopic (exact) mass is 240 g/mol. The van der Waals surface area contributed by atoms with Crippen LogP contribution < -0.4 is 4.74 Å². The Labute approximate surface area is 99.8 Å². The van der Waals surface area contributed by atoms with E-state index in [1.54, 1.807) is 6.07 Å². The Morgan fingerprint density at radius 1 is 1.18 bits per heavy atom. The van der Waals surface area contributed by atoms with Crippen molar-refractivity contribution in [3.05, 3.63) is 29.6 Å². The van der Waals surface area contributed by atoms with Gasteiger partial charge in [0.1, 0.15) is 17.7 Å². The molecule has 0 aromatic heterocycles. The Morgan fingerprint density at radius 2 is 1.82 bits per heavy atom. The number of aliphatic hydroxyl groups is 2. The zero-order valence-corrected chi connectivity index (χ0v) is 9.77. The van der Waals surface area contributed by atoms with Crippen LogP contribution in [0.1, 0.15) is 24.8 Å². The third-order valence-corrected chi connectivity index (χ3v) is 3.06. The Morgan fingerprint density at radius 3 is 2.47 bits per heavy atom. The summed E-state index contributed by atoms with van der Waals surface area (Å²) in [4.78, 5) is 0. The first-order valence-corrected chi connectivity index (χ1v) is 5.83. The van der Waals surface area contributed by atoms with Gasteiger partial charge in [-0.1, -0.05) is 6.07 Å². The van der Waals surface area contributed by atoms with E-state index >= 15 is 0 Å². The predicted octanol–water partition coefficient (Wildman–Crippen LogP) is 1.79. The third-order valence-electron chi connectivity index (χ3n) is 3.06. The molecular formula is C13H17FO3. The predicted molar refractivity (Wildman–Crippen MR) is 61.4 cm³/mol. The lowest BCUT2D eigenvalue weighted by atomic mass is 9.92. The maximum absolute atomic E-state index is 13.1. The van der Waals surface area contributed by atoms with Gasteiger partial charge in [-0.05, 0) is 25.0 Å². The molecule has 4 heteroatoms. The van der Waals surface area contributed by atoms with Crippen molar-refractivity contribution in [1.82, 2.24) is 0 Å². The smallest absolute Gasteiger partial charge is 0.126 e. The van der Waals surface area contributed by atoms with Gasteiger partial charge in [0.15, 0.2) is 0 Å². The molecule has 0 saturated heterocycles. The van der Waals surface area contributed by atoms with Gasteiger partial charge in [0.25, 0.3) is 0 Å². The minimum absolute atomic E-state index is 0.255. The molecule has 2 N–H and O–H groups in total. The van der Waals surface area contributed by atoms with Crippen molar-refractivity contribution in [2.45, 2.75) is 44.5 Å². The summed E-state index contributed by atoms with van der Waals surface area (Å²) in [7, 11) is 0. The molecule has 0 heterocycles. The van der Waals surface area contributed by atoms with Crippen LogP contribution in [-0.2, 0) is 0 Å². The number of ether oxygens (including phenoxy) is 1. The molecule has 1 aromatic carbocycles. The van der Waals surface area contributed by atoms with E-state index in [4.69, 9.17) is 4.74 Å². The largest absolute Gasteiger partial charge is 0.490 e. The molecule has 1 aliphatic carbocycles. The van der Waals surface area contributed by atoms with Crippen LogP contribution >= 0.6 is 0 Å². The van der Waals surface area contributed by atoms with Crippen LogP contribution in [0, 0.1) is 12.7 Å². The van der Waals surface area contributed by atoms with Crippen molar-refractivity contribution >= 4 is 0 Å². The molecule has 3 atom stereocenters. The molecule has 3 nitrogen and oxygen atoms in total. The highest BCUT2D eigenvalue weighted by atomic mass is 19.1. The second-order valence-corrected chi connectivity index (χ2v) is 4.66. The van der Waals surface area contributed by atoms with Crippen molar-refractivity contribution in [1.29, 1.82) is 0 Å². The first kappa shape index (κ1) is 12.3. The summed E-state index contributed by atoms with van der Waals surface area (Å²) >= 11 is 0. The molecule has 0 bridgehead atoms. The second-order valence-electron chi connectivity index (χ2n) is 4.66. The van der Waals surface area contributed by atoms with Crippen molar-refractivity contribution < 1.29 is 19.3 Å². The SMILES string of the molecule is Cc1ccc(F)cc1O[C@@H]1C[C@H](O)C[C@H](O)C1. The van der Waals surface area contributed by atoms with Crippen LogP contribution in [0.3, 0.4) is 0 Å². The third kappa shape index (κ3) is 3.17. The number of hydrogen-bond acceptors (Lipinski definition) is 3. The molecule has 0 unspecified atom stereocenters. The highest BCUT2D eigenvalue weighted by Gasteiger charge is 2.28. The highest BCUT2D eigenvalue weighted by molar-refractivity contribution is 5.32. The van der Waals surface area contributed by atoms with E-state index in [0.29, 0.717) is 25.0 Å². The molecule has 94 valence electrons. The lowest BCUT2D eigenvalue weighted by Gasteiger charge is -2.30. The van der Waals surface area contributed by atoms with Gasteiger partial charge in [0, 0.05) is 18.9 Å². The Bertz CT molecular complexity index is 384. The van der Waals surface area contributed by atoms with E-state index in [0.717, 1.165) is 5.56 Å². The summed E-state index contributed by atoms with van der Waals surface area (Å²) in [5.41, 5.74) is 0.848. The summed E-state index contributed by atoms with van der Waals surface area (Å²) in [6, 6.07) is 4.37. The molecule has 0 radical (unpaired) electrons. The minimum Gasteiger partial charge on any atom is -0.490 e. The molecule has 17 heavy (non-hydrogen) atoms. The van der Waals surface area contributed by atoms with E-state index in [-0.39, 0.29) is 11.9 Å². The van der Waals surface area contributed by atoms with Crippen LogP contribution in [0.25, 0.3) is 0 Å². The molecule has 1 saturated carbocycles. The summed E-state index contributed by atoms with van der Waals surface area (Å²) in [5, 5.41) is 19.1. The van der Waals surface area contributed by atoms with Gasteiger partial charge in [-0.15, -0.1) is 0 Å². The molecule has 1 aliphatic rings. The first-order valence-electron chi connectivity index (χ1n) is 5.83.